The van der Waals surface area contributed by atoms with Crippen LogP contribution in [-0.4, -0.2) is 35.3 Å². The van der Waals surface area contributed by atoms with Gasteiger partial charge in [-0.05, 0) is 30.5 Å². The van der Waals surface area contributed by atoms with E-state index in [0.717, 1.165) is 5.46 Å². The fraction of sp³-hybridized carbons (Fsp3) is 0.667. The highest BCUT2D eigenvalue weighted by Gasteiger charge is 2.42. The van der Waals surface area contributed by atoms with Crippen LogP contribution in [0.15, 0.2) is 24.3 Å². The maximum atomic E-state index is 6.38. The molecule has 1 aliphatic rings. The molecule has 1 aromatic rings. The van der Waals surface area contributed by atoms with Gasteiger partial charge in [0.25, 0.3) is 0 Å². The Balaban J connectivity index is 1.94. The van der Waals surface area contributed by atoms with Gasteiger partial charge in [-0.2, -0.15) is 0 Å². The number of benzene rings is 1. The summed E-state index contributed by atoms with van der Waals surface area (Å²) in [5.74, 6) is 0. The van der Waals surface area contributed by atoms with Crippen molar-refractivity contribution in [3.05, 3.63) is 29.8 Å². The first-order valence-corrected chi connectivity index (χ1v) is 11.4. The van der Waals surface area contributed by atoms with E-state index in [1.54, 1.807) is 0 Å². The molecule has 0 aliphatic carbocycles. The predicted molar refractivity (Wildman–Crippen MR) is 99.7 cm³/mol. The molecular formula is C18H31BO3Si. The smallest absolute Gasteiger partial charge is 0.416 e. The van der Waals surface area contributed by atoms with Gasteiger partial charge in [-0.25, -0.2) is 0 Å². The lowest BCUT2D eigenvalue weighted by Crippen LogP contribution is -2.52. The topological polar surface area (TPSA) is 27.7 Å². The maximum Gasteiger partial charge on any atom is 0.494 e. The van der Waals surface area contributed by atoms with Gasteiger partial charge in [0.05, 0.1) is 0 Å². The molecule has 23 heavy (non-hydrogen) atoms. The molecule has 0 spiro atoms. The molecule has 1 saturated heterocycles. The normalized spacial score (nSPS) is 19.0. The van der Waals surface area contributed by atoms with E-state index in [4.69, 9.17) is 13.7 Å². The molecular weight excluding hydrogens is 303 g/mol. The summed E-state index contributed by atoms with van der Waals surface area (Å²) in [6.07, 6.45) is 0. The Bertz CT molecular complexity index is 531. The van der Waals surface area contributed by atoms with Crippen LogP contribution >= 0.6 is 0 Å². The van der Waals surface area contributed by atoms with Gasteiger partial charge in [-0.1, -0.05) is 57.5 Å². The van der Waals surface area contributed by atoms with E-state index in [2.05, 4.69) is 59.8 Å². The van der Waals surface area contributed by atoms with Crippen molar-refractivity contribution < 1.29 is 13.7 Å². The van der Waals surface area contributed by atoms with Crippen molar-refractivity contribution in [2.45, 2.75) is 52.8 Å². The highest BCUT2D eigenvalue weighted by Crippen LogP contribution is 2.38. The number of rotatable bonds is 4. The van der Waals surface area contributed by atoms with Gasteiger partial charge in [0.1, 0.15) is 0 Å². The van der Waals surface area contributed by atoms with Gasteiger partial charge in [-0.15, -0.1) is 0 Å². The minimum absolute atomic E-state index is 0.0747. The number of hydrogen-bond donors (Lipinski definition) is 0. The largest absolute Gasteiger partial charge is 0.494 e. The first-order valence-electron chi connectivity index (χ1n) is 8.47. The summed E-state index contributed by atoms with van der Waals surface area (Å²) in [5.41, 5.74) is 2.26. The third kappa shape index (κ3) is 4.47. The highest BCUT2D eigenvalue weighted by atomic mass is 28.4. The minimum atomic E-state index is -1.74. The Hall–Kier alpha value is -0.618. The molecule has 1 heterocycles. The Morgan fingerprint density at radius 1 is 1.17 bits per heavy atom. The monoisotopic (exact) mass is 334 g/mol. The molecule has 0 bridgehead atoms. The minimum Gasteiger partial charge on any atom is -0.416 e. The van der Waals surface area contributed by atoms with Gasteiger partial charge in [0.2, 0.25) is 0 Å². The Morgan fingerprint density at radius 3 is 2.26 bits per heavy atom. The van der Waals surface area contributed by atoms with Crippen LogP contribution in [0.4, 0.5) is 0 Å². The maximum absolute atomic E-state index is 6.38. The molecule has 2 rings (SSSR count). The van der Waals surface area contributed by atoms with Gasteiger partial charge in [0.15, 0.2) is 8.32 Å². The molecule has 0 unspecified atom stereocenters. The summed E-state index contributed by atoms with van der Waals surface area (Å²) in [7, 11) is -1.99. The summed E-state index contributed by atoms with van der Waals surface area (Å²) < 4.78 is 18.4. The van der Waals surface area contributed by atoms with Crippen molar-refractivity contribution in [1.29, 1.82) is 0 Å². The SMILES string of the molecule is Cc1ccccc1B1OCC(C)(CO[Si](C)(C)C(C)(C)C)CO1. The van der Waals surface area contributed by atoms with E-state index in [-0.39, 0.29) is 17.6 Å². The van der Waals surface area contributed by atoms with Crippen LogP contribution in [0.25, 0.3) is 0 Å². The van der Waals surface area contributed by atoms with E-state index in [0.29, 0.717) is 19.8 Å². The second-order valence-electron chi connectivity index (χ2n) is 8.67. The van der Waals surface area contributed by atoms with E-state index in [1.165, 1.54) is 5.56 Å². The molecule has 1 aliphatic heterocycles. The highest BCUT2D eigenvalue weighted by molar-refractivity contribution is 6.74. The molecule has 0 radical (unpaired) electrons. The molecule has 0 amide bonds. The summed E-state index contributed by atoms with van der Waals surface area (Å²) in [6, 6.07) is 8.24. The molecule has 3 nitrogen and oxygen atoms in total. The van der Waals surface area contributed by atoms with Crippen molar-refractivity contribution in [2.24, 2.45) is 5.41 Å². The van der Waals surface area contributed by atoms with E-state index in [1.807, 2.05) is 12.1 Å². The first-order chi connectivity index (χ1) is 10.5. The Morgan fingerprint density at radius 2 is 1.74 bits per heavy atom. The fourth-order valence-electron chi connectivity index (χ4n) is 2.33. The van der Waals surface area contributed by atoms with Crippen LogP contribution in [-0.2, 0) is 13.7 Å². The number of aryl methyl sites for hydroxylation is 1. The second kappa shape index (κ2) is 6.71. The quantitative estimate of drug-likeness (QED) is 0.785. The molecule has 0 saturated carbocycles. The lowest BCUT2D eigenvalue weighted by molar-refractivity contribution is -0.0111. The third-order valence-corrected chi connectivity index (χ3v) is 9.67. The molecule has 0 N–H and O–H groups in total. The standard InChI is InChI=1S/C18H31BO3Si/c1-15-10-8-9-11-16(15)19-20-12-18(5,13-21-19)14-22-23(6,7)17(2,3)4/h8-11H,12-14H2,1-7H3. The summed E-state index contributed by atoms with van der Waals surface area (Å²) in [4.78, 5) is 0. The summed E-state index contributed by atoms with van der Waals surface area (Å²) >= 11 is 0. The lowest BCUT2D eigenvalue weighted by Gasteiger charge is -2.42. The van der Waals surface area contributed by atoms with Crippen LogP contribution < -0.4 is 5.46 Å². The average Bonchev–Trinajstić information content (AvgIpc) is 2.46. The lowest BCUT2D eigenvalue weighted by atomic mass is 9.73. The van der Waals surface area contributed by atoms with Crippen molar-refractivity contribution in [3.63, 3.8) is 0 Å². The molecule has 0 aromatic heterocycles. The predicted octanol–water partition coefficient (Wildman–Crippen LogP) is 3.77. The second-order valence-corrected chi connectivity index (χ2v) is 13.5. The van der Waals surface area contributed by atoms with Crippen molar-refractivity contribution in [1.82, 2.24) is 0 Å². The van der Waals surface area contributed by atoms with Gasteiger partial charge in [0, 0.05) is 25.2 Å². The number of hydrogen-bond acceptors (Lipinski definition) is 3. The third-order valence-electron chi connectivity index (χ3n) is 5.20. The van der Waals surface area contributed by atoms with Crippen LogP contribution in [0.3, 0.4) is 0 Å². The first kappa shape index (κ1) is 18.7. The molecule has 1 aromatic carbocycles. The van der Waals surface area contributed by atoms with Gasteiger partial charge < -0.3 is 13.7 Å². The fourth-order valence-corrected chi connectivity index (χ4v) is 3.47. The van der Waals surface area contributed by atoms with Gasteiger partial charge >= 0.3 is 7.12 Å². The Kier molecular flexibility index (Phi) is 5.46. The summed E-state index contributed by atoms with van der Waals surface area (Å²) in [5, 5.41) is 0.226. The van der Waals surface area contributed by atoms with E-state index >= 15 is 0 Å². The van der Waals surface area contributed by atoms with Crippen LogP contribution in [0, 0.1) is 12.3 Å². The van der Waals surface area contributed by atoms with Crippen LogP contribution in [0.2, 0.25) is 18.1 Å². The van der Waals surface area contributed by atoms with Crippen molar-refractivity contribution >= 4 is 20.9 Å². The zero-order valence-electron chi connectivity index (χ0n) is 15.7. The van der Waals surface area contributed by atoms with Crippen LogP contribution in [0.5, 0.6) is 0 Å². The zero-order valence-corrected chi connectivity index (χ0v) is 16.7. The van der Waals surface area contributed by atoms with Crippen LogP contribution in [0.1, 0.15) is 33.3 Å². The molecule has 128 valence electrons. The van der Waals surface area contributed by atoms with Gasteiger partial charge in [-0.3, -0.25) is 0 Å². The summed E-state index contributed by atoms with van der Waals surface area (Å²) in [6.45, 7) is 17.7. The molecule has 1 fully saturated rings. The van der Waals surface area contributed by atoms with Crippen molar-refractivity contribution in [3.8, 4) is 0 Å². The van der Waals surface area contributed by atoms with E-state index in [9.17, 15) is 0 Å². The Labute approximate surface area is 143 Å². The molecule has 5 heteroatoms. The zero-order chi connectivity index (χ0) is 17.3. The van der Waals surface area contributed by atoms with E-state index < -0.39 is 8.32 Å². The average molecular weight is 334 g/mol. The molecule has 0 atom stereocenters. The van der Waals surface area contributed by atoms with Crippen molar-refractivity contribution in [2.75, 3.05) is 19.8 Å².